The maximum Gasteiger partial charge on any atom is 0.472 e. The predicted molar refractivity (Wildman–Crippen MR) is 238 cm³/mol. The first-order chi connectivity index (χ1) is 28.9. The number of carboxylic acids is 1. The van der Waals surface area contributed by atoms with E-state index in [0.29, 0.717) is 12.8 Å². The molecular weight excluding hydrogens is 789 g/mol. The van der Waals surface area contributed by atoms with E-state index in [0.717, 1.165) is 77.0 Å². The molecule has 0 amide bonds. The van der Waals surface area contributed by atoms with Crippen LogP contribution in [0.1, 0.15) is 129 Å². The van der Waals surface area contributed by atoms with Crippen LogP contribution in [0.25, 0.3) is 0 Å². The first kappa shape index (κ1) is 56.3. The lowest BCUT2D eigenvalue weighted by Gasteiger charge is -2.20. The number of hydrogen-bond acceptors (Lipinski definition) is 11. The molecule has 0 aliphatic heterocycles. The van der Waals surface area contributed by atoms with Gasteiger partial charge in [0.05, 0.1) is 25.4 Å². The van der Waals surface area contributed by atoms with Gasteiger partial charge in [0.15, 0.2) is 6.10 Å². The van der Waals surface area contributed by atoms with E-state index in [2.05, 4.69) is 67.0 Å². The third-order valence-corrected chi connectivity index (χ3v) is 9.47. The Kier molecular flexibility index (Phi) is 37.0. The zero-order chi connectivity index (χ0) is 44.5. The van der Waals surface area contributed by atoms with Crippen LogP contribution >= 0.6 is 7.82 Å². The molecule has 0 bridgehead atoms. The number of allylic oxidation sites excluding steroid dienone is 14. The van der Waals surface area contributed by atoms with Crippen molar-refractivity contribution in [3.8, 4) is 0 Å². The Bertz CT molecular complexity index is 1420. The standard InChI is InChI=1S/C46H74NO12P/c1-3-5-7-8-9-10-11-12-13-14-15-16-17-18-22-25-29-35-44(50)56-37-42(38-57-60(54,55)58-39-43(47)46(52)53)59-45(51)36-30-34-41(49)33-28-24-21-19-20-23-27-32-40(48)31-26-6-4-2/h5,7,9-10,12-13,15-16,20-21,23-24,27-28,32-33,40-43,48-49H,3-4,6,8,11,14,17-19,22,25-26,29-31,34-39,47H2,1-2H3,(H,52,53)(H,54,55)/b7-5-,10-9-,13-12-,16-15-,23-20-,24-21-,32-27+,33-28+/t40-,41-,42-,43+/m1/s1. The second-order valence-electron chi connectivity index (χ2n) is 14.1. The highest BCUT2D eigenvalue weighted by Crippen LogP contribution is 2.43. The molecule has 0 spiro atoms. The van der Waals surface area contributed by atoms with Gasteiger partial charge in [-0.2, -0.15) is 0 Å². The topological polar surface area (TPSA) is 212 Å². The molecule has 0 heterocycles. The predicted octanol–water partition coefficient (Wildman–Crippen LogP) is 9.22. The first-order valence-electron chi connectivity index (χ1n) is 21.5. The smallest absolute Gasteiger partial charge is 0.472 e. The van der Waals surface area contributed by atoms with Gasteiger partial charge in [-0.05, 0) is 70.6 Å². The van der Waals surface area contributed by atoms with Crippen LogP contribution in [0, 0.1) is 0 Å². The molecule has 0 aliphatic carbocycles. The number of aliphatic hydroxyl groups is 2. The van der Waals surface area contributed by atoms with Crippen LogP contribution in [0.3, 0.4) is 0 Å². The maximum absolute atomic E-state index is 12.6. The third kappa shape index (κ3) is 38.5. The van der Waals surface area contributed by atoms with Gasteiger partial charge < -0.3 is 35.4 Å². The van der Waals surface area contributed by atoms with Crippen molar-refractivity contribution in [2.24, 2.45) is 5.73 Å². The number of phosphoric ester groups is 1. The number of carbonyl (C=O) groups is 3. The fourth-order valence-corrected chi connectivity index (χ4v) is 5.87. The molecule has 0 radical (unpaired) electrons. The molecule has 0 fully saturated rings. The number of carboxylic acid groups (broad SMARTS) is 1. The highest BCUT2D eigenvalue weighted by Gasteiger charge is 2.28. The average molecular weight is 864 g/mol. The molecule has 340 valence electrons. The van der Waals surface area contributed by atoms with Gasteiger partial charge >= 0.3 is 25.7 Å². The normalized spacial score (nSPS) is 15.7. The van der Waals surface area contributed by atoms with E-state index in [1.165, 1.54) is 0 Å². The highest BCUT2D eigenvalue weighted by molar-refractivity contribution is 7.47. The number of aliphatic hydroxyl groups excluding tert-OH is 2. The summed E-state index contributed by atoms with van der Waals surface area (Å²) in [5.41, 5.74) is 5.31. The monoisotopic (exact) mass is 863 g/mol. The van der Waals surface area contributed by atoms with Crippen molar-refractivity contribution in [1.82, 2.24) is 0 Å². The zero-order valence-electron chi connectivity index (χ0n) is 36.0. The van der Waals surface area contributed by atoms with Gasteiger partial charge in [0.2, 0.25) is 0 Å². The molecule has 14 heteroatoms. The Balaban J connectivity index is 4.68. The fourth-order valence-electron chi connectivity index (χ4n) is 5.09. The van der Waals surface area contributed by atoms with E-state index in [9.17, 15) is 34.1 Å². The molecule has 0 aromatic heterocycles. The quantitative estimate of drug-likeness (QED) is 0.0129. The summed E-state index contributed by atoms with van der Waals surface area (Å²) in [5, 5.41) is 29.1. The third-order valence-electron chi connectivity index (χ3n) is 8.52. The summed E-state index contributed by atoms with van der Waals surface area (Å²) in [6, 6.07) is -1.57. The van der Waals surface area contributed by atoms with Gasteiger partial charge in [0, 0.05) is 12.8 Å². The van der Waals surface area contributed by atoms with Crippen molar-refractivity contribution in [3.63, 3.8) is 0 Å². The fraction of sp³-hybridized carbons (Fsp3) is 0.587. The maximum atomic E-state index is 12.6. The largest absolute Gasteiger partial charge is 0.480 e. The summed E-state index contributed by atoms with van der Waals surface area (Å²) in [7, 11) is -4.79. The van der Waals surface area contributed by atoms with E-state index < -0.39 is 69.9 Å². The van der Waals surface area contributed by atoms with Gasteiger partial charge in [0.1, 0.15) is 12.6 Å². The average Bonchev–Trinajstić information content (AvgIpc) is 3.21. The minimum atomic E-state index is -4.79. The molecule has 5 atom stereocenters. The summed E-state index contributed by atoms with van der Waals surface area (Å²) in [6.45, 7) is 2.31. The zero-order valence-corrected chi connectivity index (χ0v) is 36.9. The molecule has 13 nitrogen and oxygen atoms in total. The lowest BCUT2D eigenvalue weighted by Crippen LogP contribution is -2.34. The molecule has 1 unspecified atom stereocenters. The number of phosphoric acid groups is 1. The van der Waals surface area contributed by atoms with Crippen molar-refractivity contribution >= 4 is 25.7 Å². The molecule has 60 heavy (non-hydrogen) atoms. The van der Waals surface area contributed by atoms with Crippen LogP contribution in [0.4, 0.5) is 0 Å². The SMILES string of the molecule is CC/C=C\C/C=C\C/C=C\C/C=C\CCCCCCC(=O)OC[C@H](COP(=O)(O)OC[C@H](N)C(=O)O)OC(=O)CCC[C@H](O)/C=C/C=C\C/C=C\C=C\[C@H](O)CCCCC. The van der Waals surface area contributed by atoms with Crippen molar-refractivity contribution in [2.45, 2.75) is 154 Å². The molecule has 0 aliphatic rings. The molecule has 0 aromatic rings. The number of rotatable bonds is 38. The lowest BCUT2D eigenvalue weighted by molar-refractivity contribution is -0.161. The van der Waals surface area contributed by atoms with Gasteiger partial charge in [-0.3, -0.25) is 23.4 Å². The molecule has 0 saturated heterocycles. The number of ether oxygens (including phenoxy) is 2. The highest BCUT2D eigenvalue weighted by atomic mass is 31.2. The van der Waals surface area contributed by atoms with Crippen molar-refractivity contribution in [2.75, 3.05) is 19.8 Å². The Morgan fingerprint density at radius 2 is 1.15 bits per heavy atom. The number of hydrogen-bond donors (Lipinski definition) is 5. The molecular formula is C46H74NO12P. The second-order valence-corrected chi connectivity index (χ2v) is 15.6. The summed E-state index contributed by atoms with van der Waals surface area (Å²) < 4.78 is 32.5. The molecule has 0 saturated carbocycles. The summed E-state index contributed by atoms with van der Waals surface area (Å²) >= 11 is 0. The van der Waals surface area contributed by atoms with Crippen LogP contribution in [-0.4, -0.2) is 82.3 Å². The second kappa shape index (κ2) is 39.5. The van der Waals surface area contributed by atoms with E-state index >= 15 is 0 Å². The number of nitrogens with two attached hydrogens (primary N) is 1. The van der Waals surface area contributed by atoms with Crippen LogP contribution in [-0.2, 0) is 37.5 Å². The van der Waals surface area contributed by atoms with E-state index in [1.54, 1.807) is 24.3 Å². The summed E-state index contributed by atoms with van der Waals surface area (Å²) in [5.74, 6) is -2.69. The van der Waals surface area contributed by atoms with Crippen LogP contribution in [0.5, 0.6) is 0 Å². The summed E-state index contributed by atoms with van der Waals surface area (Å²) in [6.07, 6.45) is 42.6. The van der Waals surface area contributed by atoms with Crippen LogP contribution in [0.15, 0.2) is 97.2 Å². The van der Waals surface area contributed by atoms with Gasteiger partial charge in [-0.25, -0.2) is 4.57 Å². The molecule has 0 aromatic carbocycles. The molecule has 6 N–H and O–H groups in total. The number of unbranched alkanes of at least 4 members (excludes halogenated alkanes) is 6. The Morgan fingerprint density at radius 1 is 0.617 bits per heavy atom. The number of aliphatic carboxylic acids is 1. The van der Waals surface area contributed by atoms with E-state index in [-0.39, 0.29) is 25.7 Å². The lowest BCUT2D eigenvalue weighted by atomic mass is 10.1. The summed E-state index contributed by atoms with van der Waals surface area (Å²) in [4.78, 5) is 46.0. The first-order valence-corrected chi connectivity index (χ1v) is 23.0. The van der Waals surface area contributed by atoms with Crippen molar-refractivity contribution in [3.05, 3.63) is 97.2 Å². The molecule has 0 rings (SSSR count). The number of esters is 2. The Hall–Kier alpha value is -3.68. The van der Waals surface area contributed by atoms with E-state index in [4.69, 9.17) is 24.8 Å². The Labute approximate surface area is 359 Å². The van der Waals surface area contributed by atoms with Crippen LogP contribution < -0.4 is 5.73 Å². The van der Waals surface area contributed by atoms with Gasteiger partial charge in [0.25, 0.3) is 0 Å². The van der Waals surface area contributed by atoms with Crippen molar-refractivity contribution in [1.29, 1.82) is 0 Å². The van der Waals surface area contributed by atoms with Gasteiger partial charge in [-0.1, -0.05) is 143 Å². The minimum absolute atomic E-state index is 0.0987. The van der Waals surface area contributed by atoms with E-state index in [1.807, 2.05) is 24.3 Å². The van der Waals surface area contributed by atoms with Gasteiger partial charge in [-0.15, -0.1) is 0 Å². The van der Waals surface area contributed by atoms with Crippen molar-refractivity contribution < 1.29 is 57.7 Å². The Morgan fingerprint density at radius 3 is 1.75 bits per heavy atom. The van der Waals surface area contributed by atoms with Crippen LogP contribution in [0.2, 0.25) is 0 Å². The number of carbonyl (C=O) groups excluding carboxylic acids is 2. The minimum Gasteiger partial charge on any atom is -0.480 e.